The van der Waals surface area contributed by atoms with Gasteiger partial charge >= 0.3 is 0 Å². The molecule has 2 aromatic carbocycles. The summed E-state index contributed by atoms with van der Waals surface area (Å²) >= 11 is 5.98. The van der Waals surface area contributed by atoms with Crippen LogP contribution in [0.5, 0.6) is 5.75 Å². The number of hydrogen-bond donors (Lipinski definition) is 1. The van der Waals surface area contributed by atoms with Crippen LogP contribution in [0.15, 0.2) is 36.4 Å². The molecular weight excluding hydrogens is 352 g/mol. The van der Waals surface area contributed by atoms with Crippen LogP contribution in [0.25, 0.3) is 0 Å². The standard InChI is InChI=1S/C20H21ClN2O3/c1-12-5-4-6-16(13(12)2)22-19(24)11-23(3)20(25)18-10-14-9-15(21)7-8-17(14)26-18/h4-9,18H,10-11H2,1-3H3,(H,22,24)/t18-/m1/s1. The molecular formula is C20H21ClN2O3. The summed E-state index contributed by atoms with van der Waals surface area (Å²) in [7, 11) is 1.60. The second-order valence-corrected chi connectivity index (χ2v) is 6.99. The Morgan fingerprint density at radius 2 is 2.04 bits per heavy atom. The van der Waals surface area contributed by atoms with Gasteiger partial charge in [0.1, 0.15) is 5.75 Å². The lowest BCUT2D eigenvalue weighted by Crippen LogP contribution is -2.42. The molecule has 2 aromatic rings. The van der Waals surface area contributed by atoms with Gasteiger partial charge < -0.3 is 15.0 Å². The monoisotopic (exact) mass is 372 g/mol. The molecule has 0 bridgehead atoms. The molecule has 0 unspecified atom stereocenters. The Morgan fingerprint density at radius 3 is 2.81 bits per heavy atom. The van der Waals surface area contributed by atoms with E-state index in [0.29, 0.717) is 17.2 Å². The zero-order valence-corrected chi connectivity index (χ0v) is 15.8. The molecule has 6 heteroatoms. The van der Waals surface area contributed by atoms with Gasteiger partial charge in [-0.15, -0.1) is 0 Å². The lowest BCUT2D eigenvalue weighted by molar-refractivity contribution is -0.139. The highest BCUT2D eigenvalue weighted by atomic mass is 35.5. The molecule has 3 rings (SSSR count). The van der Waals surface area contributed by atoms with Crippen LogP contribution in [0.1, 0.15) is 16.7 Å². The van der Waals surface area contributed by atoms with Crippen molar-refractivity contribution in [1.82, 2.24) is 4.90 Å². The van der Waals surface area contributed by atoms with Crippen LogP contribution in [0.2, 0.25) is 5.02 Å². The highest BCUT2D eigenvalue weighted by Crippen LogP contribution is 2.31. The Hall–Kier alpha value is -2.53. The number of nitrogens with one attached hydrogen (secondary N) is 1. The number of ether oxygens (including phenoxy) is 1. The quantitative estimate of drug-likeness (QED) is 0.895. The fourth-order valence-electron chi connectivity index (χ4n) is 2.97. The van der Waals surface area contributed by atoms with E-state index < -0.39 is 6.10 Å². The third kappa shape index (κ3) is 3.83. The number of amides is 2. The number of benzene rings is 2. The molecule has 136 valence electrons. The van der Waals surface area contributed by atoms with Crippen molar-refractivity contribution in [2.45, 2.75) is 26.4 Å². The number of nitrogens with zero attached hydrogens (tertiary/aromatic N) is 1. The van der Waals surface area contributed by atoms with Gasteiger partial charge in [0.15, 0.2) is 6.10 Å². The molecule has 1 atom stereocenters. The topological polar surface area (TPSA) is 58.6 Å². The average molecular weight is 373 g/mol. The predicted molar refractivity (Wildman–Crippen MR) is 102 cm³/mol. The minimum absolute atomic E-state index is 0.0385. The molecule has 0 aliphatic carbocycles. The zero-order chi connectivity index (χ0) is 18.8. The molecule has 0 radical (unpaired) electrons. The number of halogens is 1. The van der Waals surface area contributed by atoms with Crippen molar-refractivity contribution < 1.29 is 14.3 Å². The van der Waals surface area contributed by atoms with E-state index in [4.69, 9.17) is 16.3 Å². The Bertz CT molecular complexity index is 866. The number of anilines is 1. The van der Waals surface area contributed by atoms with Gasteiger partial charge in [0.2, 0.25) is 5.91 Å². The molecule has 1 heterocycles. The van der Waals surface area contributed by atoms with Gasteiger partial charge in [0.25, 0.3) is 5.91 Å². The maximum Gasteiger partial charge on any atom is 0.264 e. The summed E-state index contributed by atoms with van der Waals surface area (Å²) in [5.74, 6) is 0.197. The first-order valence-electron chi connectivity index (χ1n) is 8.41. The molecule has 0 saturated carbocycles. The number of fused-ring (bicyclic) bond motifs is 1. The first-order chi connectivity index (χ1) is 12.3. The largest absolute Gasteiger partial charge is 0.480 e. The van der Waals surface area contributed by atoms with Crippen LogP contribution in [-0.4, -0.2) is 36.4 Å². The maximum atomic E-state index is 12.6. The van der Waals surface area contributed by atoms with E-state index in [2.05, 4.69) is 5.32 Å². The first-order valence-corrected chi connectivity index (χ1v) is 8.79. The van der Waals surface area contributed by atoms with E-state index in [-0.39, 0.29) is 18.4 Å². The molecule has 0 fully saturated rings. The van der Waals surface area contributed by atoms with Gasteiger partial charge in [-0.1, -0.05) is 23.7 Å². The van der Waals surface area contributed by atoms with Gasteiger partial charge in [-0.05, 0) is 54.8 Å². The summed E-state index contributed by atoms with van der Waals surface area (Å²) in [6.07, 6.45) is -0.167. The summed E-state index contributed by atoms with van der Waals surface area (Å²) in [6, 6.07) is 11.0. The molecule has 1 aliphatic heterocycles. The average Bonchev–Trinajstić information content (AvgIpc) is 3.01. The van der Waals surface area contributed by atoms with Crippen molar-refractivity contribution in [2.24, 2.45) is 0 Å². The van der Waals surface area contributed by atoms with E-state index in [0.717, 1.165) is 22.4 Å². The fraction of sp³-hybridized carbons (Fsp3) is 0.300. The van der Waals surface area contributed by atoms with Crippen LogP contribution in [0.4, 0.5) is 5.69 Å². The molecule has 0 spiro atoms. The third-order valence-corrected chi connectivity index (χ3v) is 4.84. The van der Waals surface area contributed by atoms with Gasteiger partial charge in [-0.3, -0.25) is 9.59 Å². The Kier molecular flexibility index (Phi) is 5.18. The predicted octanol–water partition coefficient (Wildman–Crippen LogP) is 3.36. The number of aryl methyl sites for hydroxylation is 1. The number of carbonyl (C=O) groups is 2. The van der Waals surface area contributed by atoms with Crippen LogP contribution in [0.3, 0.4) is 0 Å². The third-order valence-electron chi connectivity index (χ3n) is 4.61. The molecule has 26 heavy (non-hydrogen) atoms. The SMILES string of the molecule is Cc1cccc(NC(=O)CN(C)C(=O)[C@H]2Cc3cc(Cl)ccc3O2)c1C. The molecule has 0 saturated heterocycles. The summed E-state index contributed by atoms with van der Waals surface area (Å²) in [5, 5.41) is 3.47. The van der Waals surface area contributed by atoms with Crippen LogP contribution >= 0.6 is 11.6 Å². The number of likely N-dealkylation sites (N-methyl/N-ethyl adjacent to an activating group) is 1. The second kappa shape index (κ2) is 7.38. The highest BCUT2D eigenvalue weighted by Gasteiger charge is 2.31. The van der Waals surface area contributed by atoms with Gasteiger partial charge in [-0.2, -0.15) is 0 Å². The first kappa shape index (κ1) is 18.3. The van der Waals surface area contributed by atoms with Crippen molar-refractivity contribution in [2.75, 3.05) is 18.9 Å². The van der Waals surface area contributed by atoms with Crippen LogP contribution in [0, 0.1) is 13.8 Å². The summed E-state index contributed by atoms with van der Waals surface area (Å²) < 4.78 is 5.70. The van der Waals surface area contributed by atoms with Crippen molar-refractivity contribution in [3.63, 3.8) is 0 Å². The summed E-state index contributed by atoms with van der Waals surface area (Å²) in [4.78, 5) is 26.3. The van der Waals surface area contributed by atoms with Crippen molar-refractivity contribution in [3.8, 4) is 5.75 Å². The number of hydrogen-bond acceptors (Lipinski definition) is 3. The van der Waals surface area contributed by atoms with E-state index in [9.17, 15) is 9.59 Å². The van der Waals surface area contributed by atoms with Crippen LogP contribution in [-0.2, 0) is 16.0 Å². The number of rotatable bonds is 4. The van der Waals surface area contributed by atoms with Crippen molar-refractivity contribution in [3.05, 3.63) is 58.1 Å². The Balaban J connectivity index is 1.59. The number of carbonyl (C=O) groups excluding carboxylic acids is 2. The lowest BCUT2D eigenvalue weighted by Gasteiger charge is -2.20. The minimum Gasteiger partial charge on any atom is -0.480 e. The van der Waals surface area contributed by atoms with Crippen LogP contribution < -0.4 is 10.1 Å². The van der Waals surface area contributed by atoms with Gasteiger partial charge in [-0.25, -0.2) is 0 Å². The van der Waals surface area contributed by atoms with Gasteiger partial charge in [0, 0.05) is 24.2 Å². The maximum absolute atomic E-state index is 12.6. The summed E-state index contributed by atoms with van der Waals surface area (Å²) in [6.45, 7) is 3.90. The van der Waals surface area contributed by atoms with E-state index >= 15 is 0 Å². The zero-order valence-electron chi connectivity index (χ0n) is 15.0. The minimum atomic E-state index is -0.623. The van der Waals surface area contributed by atoms with E-state index in [1.165, 1.54) is 4.90 Å². The highest BCUT2D eigenvalue weighted by molar-refractivity contribution is 6.30. The summed E-state index contributed by atoms with van der Waals surface area (Å²) in [5.41, 5.74) is 3.78. The molecule has 1 N–H and O–H groups in total. The Labute approximate surface area is 157 Å². The fourth-order valence-corrected chi connectivity index (χ4v) is 3.16. The molecule has 0 aromatic heterocycles. The Morgan fingerprint density at radius 1 is 1.27 bits per heavy atom. The van der Waals surface area contributed by atoms with Crippen molar-refractivity contribution >= 4 is 29.1 Å². The van der Waals surface area contributed by atoms with Gasteiger partial charge in [0.05, 0.1) is 6.54 Å². The molecule has 2 amide bonds. The van der Waals surface area contributed by atoms with Crippen molar-refractivity contribution in [1.29, 1.82) is 0 Å². The smallest absolute Gasteiger partial charge is 0.264 e. The second-order valence-electron chi connectivity index (χ2n) is 6.55. The normalized spacial score (nSPS) is 15.2. The molecule has 5 nitrogen and oxygen atoms in total. The molecule has 1 aliphatic rings. The van der Waals surface area contributed by atoms with E-state index in [1.807, 2.05) is 32.0 Å². The lowest BCUT2D eigenvalue weighted by atomic mass is 10.1. The van der Waals surface area contributed by atoms with E-state index in [1.54, 1.807) is 25.2 Å².